The van der Waals surface area contributed by atoms with Gasteiger partial charge in [-0.25, -0.2) is 0 Å². The largest absolute Gasteiger partial charge is 0.497 e. The van der Waals surface area contributed by atoms with Crippen molar-refractivity contribution in [3.63, 3.8) is 0 Å². The van der Waals surface area contributed by atoms with Crippen LogP contribution in [0.5, 0.6) is 11.5 Å². The summed E-state index contributed by atoms with van der Waals surface area (Å²) in [5.41, 5.74) is 1.66. The summed E-state index contributed by atoms with van der Waals surface area (Å²) >= 11 is 0. The van der Waals surface area contributed by atoms with E-state index >= 15 is 0 Å². The highest BCUT2D eigenvalue weighted by atomic mass is 16.5. The molecule has 0 unspecified atom stereocenters. The highest BCUT2D eigenvalue weighted by Crippen LogP contribution is 2.18. The van der Waals surface area contributed by atoms with Gasteiger partial charge in [0.15, 0.2) is 12.4 Å². The topological polar surface area (TPSA) is 73.6 Å². The van der Waals surface area contributed by atoms with E-state index in [1.807, 2.05) is 24.3 Å². The number of hydrogen-bond donors (Lipinski definition) is 1. The van der Waals surface area contributed by atoms with Gasteiger partial charge in [-0.2, -0.15) is 0 Å². The van der Waals surface area contributed by atoms with Crippen LogP contribution >= 0.6 is 0 Å². The zero-order chi connectivity index (χ0) is 17.5. The van der Waals surface area contributed by atoms with Gasteiger partial charge in [-0.1, -0.05) is 0 Å². The number of carbonyl (C=O) groups is 1. The third kappa shape index (κ3) is 4.60. The van der Waals surface area contributed by atoms with E-state index in [1.54, 1.807) is 43.8 Å². The molecule has 0 aliphatic carbocycles. The van der Waals surface area contributed by atoms with Crippen molar-refractivity contribution in [2.24, 2.45) is 0 Å². The predicted octanol–water partition coefficient (Wildman–Crippen LogP) is 3.05. The Balaban J connectivity index is 1.49. The third-order valence-electron chi connectivity index (χ3n) is 3.52. The molecule has 6 nitrogen and oxygen atoms in total. The van der Waals surface area contributed by atoms with E-state index in [-0.39, 0.29) is 12.5 Å². The number of pyridine rings is 1. The maximum absolute atomic E-state index is 11.9. The Kier molecular flexibility index (Phi) is 5.31. The number of methoxy groups -OCH3 is 1. The van der Waals surface area contributed by atoms with E-state index in [9.17, 15) is 4.79 Å². The molecule has 0 saturated carbocycles. The number of nitrogens with zero attached hydrogens (tertiary/aromatic N) is 1. The van der Waals surface area contributed by atoms with Crippen molar-refractivity contribution in [1.29, 1.82) is 0 Å². The molecule has 0 aliphatic heterocycles. The first-order valence-corrected chi connectivity index (χ1v) is 7.77. The molecule has 0 aliphatic rings. The summed E-state index contributed by atoms with van der Waals surface area (Å²) in [6, 6.07) is 14.4. The molecular weight excluding hydrogens is 320 g/mol. The summed E-state index contributed by atoms with van der Waals surface area (Å²) in [4.78, 5) is 16.2. The fourth-order valence-corrected chi connectivity index (χ4v) is 2.22. The van der Waals surface area contributed by atoms with Crippen LogP contribution in [0.1, 0.15) is 5.56 Å². The van der Waals surface area contributed by atoms with Gasteiger partial charge < -0.3 is 19.2 Å². The number of hydrogen-bond acceptors (Lipinski definition) is 5. The minimum atomic E-state index is -0.202. The van der Waals surface area contributed by atoms with Crippen molar-refractivity contribution >= 4 is 5.91 Å². The summed E-state index contributed by atoms with van der Waals surface area (Å²) in [5, 5.41) is 2.82. The molecule has 128 valence electrons. The van der Waals surface area contributed by atoms with Crippen LogP contribution in [-0.4, -0.2) is 24.6 Å². The fraction of sp³-hybridized carbons (Fsp3) is 0.158. The number of nitrogens with one attached hydrogen (secondary N) is 1. The molecule has 0 spiro atoms. The average Bonchev–Trinajstić information content (AvgIpc) is 3.20. The molecule has 25 heavy (non-hydrogen) atoms. The van der Waals surface area contributed by atoms with Gasteiger partial charge in [0.05, 0.1) is 13.4 Å². The zero-order valence-electron chi connectivity index (χ0n) is 13.8. The number of ether oxygens (including phenoxy) is 2. The van der Waals surface area contributed by atoms with E-state index in [0.29, 0.717) is 18.1 Å². The fourth-order valence-electron chi connectivity index (χ4n) is 2.22. The molecule has 1 amide bonds. The van der Waals surface area contributed by atoms with Crippen molar-refractivity contribution in [3.8, 4) is 23.0 Å². The van der Waals surface area contributed by atoms with Crippen molar-refractivity contribution in [3.05, 3.63) is 66.6 Å². The summed E-state index contributed by atoms with van der Waals surface area (Å²) in [7, 11) is 1.60. The Morgan fingerprint density at radius 2 is 1.96 bits per heavy atom. The maximum Gasteiger partial charge on any atom is 0.258 e. The minimum absolute atomic E-state index is 0.0531. The van der Waals surface area contributed by atoms with Gasteiger partial charge in [-0.05, 0) is 54.1 Å². The highest BCUT2D eigenvalue weighted by molar-refractivity contribution is 5.77. The normalized spacial score (nSPS) is 10.3. The lowest BCUT2D eigenvalue weighted by Crippen LogP contribution is -2.28. The molecule has 6 heteroatoms. The van der Waals surface area contributed by atoms with Crippen molar-refractivity contribution in [2.45, 2.75) is 6.54 Å². The monoisotopic (exact) mass is 338 g/mol. The standard InChI is InChI=1S/C19H18N2O4/c1-23-15-4-6-16(7-5-15)25-13-19(22)21-12-14-8-9-20-17(11-14)18-3-2-10-24-18/h2-11H,12-13H2,1H3,(H,21,22). The Labute approximate surface area is 145 Å². The van der Waals surface area contributed by atoms with Gasteiger partial charge in [-0.3, -0.25) is 9.78 Å². The maximum atomic E-state index is 11.9. The van der Waals surface area contributed by atoms with Gasteiger partial charge in [0.2, 0.25) is 0 Å². The summed E-state index contributed by atoms with van der Waals surface area (Å²) in [6.45, 7) is 0.337. The quantitative estimate of drug-likeness (QED) is 0.717. The van der Waals surface area contributed by atoms with Gasteiger partial charge in [0.1, 0.15) is 17.2 Å². The van der Waals surface area contributed by atoms with E-state index in [4.69, 9.17) is 13.9 Å². The highest BCUT2D eigenvalue weighted by Gasteiger charge is 2.06. The number of benzene rings is 1. The molecule has 2 heterocycles. The molecule has 3 aromatic rings. The molecule has 1 aromatic carbocycles. The SMILES string of the molecule is COc1ccc(OCC(=O)NCc2ccnc(-c3ccco3)c2)cc1. The van der Waals surface area contributed by atoms with Crippen molar-refractivity contribution in [1.82, 2.24) is 10.3 Å². The van der Waals surface area contributed by atoms with Crippen molar-refractivity contribution in [2.75, 3.05) is 13.7 Å². The van der Waals surface area contributed by atoms with Crippen LogP contribution in [0.4, 0.5) is 0 Å². The molecule has 0 bridgehead atoms. The first kappa shape index (κ1) is 16.6. The molecule has 0 radical (unpaired) electrons. The van der Waals surface area contributed by atoms with Gasteiger partial charge in [-0.15, -0.1) is 0 Å². The second-order valence-electron chi connectivity index (χ2n) is 5.27. The number of rotatable bonds is 7. The van der Waals surface area contributed by atoms with Crippen LogP contribution in [0.3, 0.4) is 0 Å². The molecule has 1 N–H and O–H groups in total. The predicted molar refractivity (Wildman–Crippen MR) is 92.3 cm³/mol. The smallest absolute Gasteiger partial charge is 0.258 e. The molecule has 0 fully saturated rings. The van der Waals surface area contributed by atoms with E-state index in [0.717, 1.165) is 17.0 Å². The van der Waals surface area contributed by atoms with Crippen LogP contribution < -0.4 is 14.8 Å². The molecule has 0 atom stereocenters. The summed E-state index contributed by atoms with van der Waals surface area (Å²) in [6.07, 6.45) is 3.29. The third-order valence-corrected chi connectivity index (χ3v) is 3.52. The number of aromatic nitrogens is 1. The molecule has 2 aromatic heterocycles. The minimum Gasteiger partial charge on any atom is -0.497 e. The lowest BCUT2D eigenvalue weighted by Gasteiger charge is -2.08. The Hall–Kier alpha value is -3.28. The first-order chi connectivity index (χ1) is 12.2. The van der Waals surface area contributed by atoms with Crippen LogP contribution in [0.2, 0.25) is 0 Å². The van der Waals surface area contributed by atoms with E-state index < -0.39 is 0 Å². The first-order valence-electron chi connectivity index (χ1n) is 7.77. The molecule has 3 rings (SSSR count). The van der Waals surface area contributed by atoms with Crippen LogP contribution in [-0.2, 0) is 11.3 Å². The Morgan fingerprint density at radius 3 is 2.68 bits per heavy atom. The lowest BCUT2D eigenvalue weighted by atomic mass is 10.2. The molecule has 0 saturated heterocycles. The van der Waals surface area contributed by atoms with Gasteiger partial charge in [0.25, 0.3) is 5.91 Å². The molecular formula is C19H18N2O4. The van der Waals surface area contributed by atoms with Crippen molar-refractivity contribution < 1.29 is 18.7 Å². The van der Waals surface area contributed by atoms with E-state index in [2.05, 4.69) is 10.3 Å². The number of furan rings is 1. The zero-order valence-corrected chi connectivity index (χ0v) is 13.8. The second-order valence-corrected chi connectivity index (χ2v) is 5.27. The van der Waals surface area contributed by atoms with Crippen LogP contribution in [0, 0.1) is 0 Å². The number of amides is 1. The van der Waals surface area contributed by atoms with Gasteiger partial charge >= 0.3 is 0 Å². The second kappa shape index (κ2) is 8.01. The Morgan fingerprint density at radius 1 is 1.16 bits per heavy atom. The number of carbonyl (C=O) groups excluding carboxylic acids is 1. The van der Waals surface area contributed by atoms with E-state index in [1.165, 1.54) is 0 Å². The Bertz CT molecular complexity index is 814. The van der Waals surface area contributed by atoms with Crippen LogP contribution in [0.15, 0.2) is 65.4 Å². The lowest BCUT2D eigenvalue weighted by molar-refractivity contribution is -0.123. The summed E-state index contributed by atoms with van der Waals surface area (Å²) in [5.74, 6) is 1.84. The average molecular weight is 338 g/mol. The summed E-state index contributed by atoms with van der Waals surface area (Å²) < 4.78 is 15.8. The van der Waals surface area contributed by atoms with Gasteiger partial charge in [0, 0.05) is 12.7 Å². The van der Waals surface area contributed by atoms with Crippen LogP contribution in [0.25, 0.3) is 11.5 Å².